The summed E-state index contributed by atoms with van der Waals surface area (Å²) in [5.74, 6) is -1.41. The lowest BCUT2D eigenvalue weighted by Gasteiger charge is -2.37. The minimum atomic E-state index is -3.97. The summed E-state index contributed by atoms with van der Waals surface area (Å²) < 4.78 is 34.5. The van der Waals surface area contributed by atoms with Crippen LogP contribution < -0.4 is 14.9 Å². The average Bonchev–Trinajstić information content (AvgIpc) is 2.86. The number of sulfonamides is 1. The van der Waals surface area contributed by atoms with Crippen LogP contribution >= 0.6 is 0 Å². The molecule has 0 aliphatic carbocycles. The molecule has 0 spiro atoms. The van der Waals surface area contributed by atoms with Crippen LogP contribution in [0.25, 0.3) is 10.9 Å². The number of carbonyl (C=O) groups is 2. The van der Waals surface area contributed by atoms with Crippen LogP contribution in [0.4, 0.5) is 0 Å². The number of hydroxylamine groups is 1. The highest BCUT2D eigenvalue weighted by molar-refractivity contribution is 7.89. The van der Waals surface area contributed by atoms with Gasteiger partial charge in [-0.05, 0) is 49.7 Å². The third kappa shape index (κ3) is 5.64. The third-order valence-corrected chi connectivity index (χ3v) is 7.78. The van der Waals surface area contributed by atoms with Crippen LogP contribution in [-0.2, 0) is 26.2 Å². The number of nitrogens with zero attached hydrogens (tertiary/aromatic N) is 2. The summed E-state index contributed by atoms with van der Waals surface area (Å²) in [4.78, 5) is 29.8. The molecule has 1 fully saturated rings. The maximum atomic E-state index is 13.0. The van der Waals surface area contributed by atoms with E-state index in [1.807, 2.05) is 37.3 Å². The Morgan fingerprint density at radius 2 is 1.89 bits per heavy atom. The number of benzene rings is 2. The Balaban J connectivity index is 1.45. The molecule has 1 saturated heterocycles. The van der Waals surface area contributed by atoms with Crippen LogP contribution in [0, 0.1) is 12.8 Å². The van der Waals surface area contributed by atoms with Gasteiger partial charge in [-0.15, -0.1) is 0 Å². The zero-order valence-corrected chi connectivity index (χ0v) is 20.8. The minimum Gasteiger partial charge on any atom is -0.489 e. The molecule has 36 heavy (non-hydrogen) atoms. The molecular weight excluding hydrogens is 484 g/mol. The molecule has 11 heteroatoms. The highest BCUT2D eigenvalue weighted by atomic mass is 32.2. The van der Waals surface area contributed by atoms with E-state index in [1.165, 1.54) is 24.0 Å². The molecule has 0 bridgehead atoms. The van der Waals surface area contributed by atoms with Crippen LogP contribution in [0.1, 0.15) is 24.6 Å². The smallest absolute Gasteiger partial charge is 0.249 e. The van der Waals surface area contributed by atoms with Crippen molar-refractivity contribution in [3.05, 3.63) is 65.9 Å². The van der Waals surface area contributed by atoms with Crippen molar-refractivity contribution in [3.8, 4) is 5.75 Å². The standard InChI is InChI=1S/C25H28N4O6S/c1-16-13-18(21-5-3-4-6-23(21)26-16)15-35-19-7-9-20(10-8-19)36(33,34)28-24-11-12-29(17(2)30)14-22(24)25(31)27-32/h3-10,13,22,24,28,32H,11-12,14-15H2,1-2H3,(H,27,31)/t22-,24-/m0/s1. The van der Waals surface area contributed by atoms with E-state index in [1.54, 1.807) is 17.6 Å². The highest BCUT2D eigenvalue weighted by Gasteiger charge is 2.37. The number of hydrogen-bond donors (Lipinski definition) is 3. The number of nitrogens with one attached hydrogen (secondary N) is 2. The summed E-state index contributed by atoms with van der Waals surface area (Å²) in [6.45, 7) is 3.89. The molecule has 1 aliphatic heterocycles. The molecule has 0 saturated carbocycles. The van der Waals surface area contributed by atoms with E-state index in [9.17, 15) is 18.0 Å². The maximum absolute atomic E-state index is 13.0. The Morgan fingerprint density at radius 1 is 1.17 bits per heavy atom. The van der Waals surface area contributed by atoms with E-state index < -0.39 is 27.9 Å². The van der Waals surface area contributed by atoms with Gasteiger partial charge in [-0.2, -0.15) is 0 Å². The largest absolute Gasteiger partial charge is 0.489 e. The number of rotatable bonds is 7. The van der Waals surface area contributed by atoms with Gasteiger partial charge in [0, 0.05) is 42.7 Å². The van der Waals surface area contributed by atoms with Gasteiger partial charge >= 0.3 is 0 Å². The minimum absolute atomic E-state index is 0.00482. The molecule has 1 aliphatic rings. The number of pyridine rings is 1. The molecule has 1 aromatic heterocycles. The van der Waals surface area contributed by atoms with E-state index >= 15 is 0 Å². The summed E-state index contributed by atoms with van der Waals surface area (Å²) in [5, 5.41) is 10.1. The van der Waals surface area contributed by atoms with Crippen molar-refractivity contribution in [2.24, 2.45) is 5.92 Å². The molecule has 190 valence electrons. The van der Waals surface area contributed by atoms with Gasteiger partial charge in [0.1, 0.15) is 12.4 Å². The van der Waals surface area contributed by atoms with E-state index in [-0.39, 0.29) is 23.8 Å². The van der Waals surface area contributed by atoms with Crippen LogP contribution in [0.15, 0.2) is 59.5 Å². The summed E-state index contributed by atoms with van der Waals surface area (Å²) in [5.41, 5.74) is 4.30. The van der Waals surface area contributed by atoms with Crippen LogP contribution in [0.3, 0.4) is 0 Å². The van der Waals surface area contributed by atoms with E-state index in [4.69, 9.17) is 9.94 Å². The summed E-state index contributed by atoms with van der Waals surface area (Å²) in [6.07, 6.45) is 0.234. The number of piperidine rings is 1. The lowest BCUT2D eigenvalue weighted by atomic mass is 9.92. The number of amides is 2. The van der Waals surface area contributed by atoms with Gasteiger partial charge in [-0.3, -0.25) is 19.8 Å². The van der Waals surface area contributed by atoms with Gasteiger partial charge in [0.25, 0.3) is 0 Å². The van der Waals surface area contributed by atoms with E-state index in [0.717, 1.165) is 22.2 Å². The lowest BCUT2D eigenvalue weighted by Crippen LogP contribution is -2.56. The Bertz CT molecular complexity index is 1380. The number of para-hydroxylation sites is 1. The fraction of sp³-hybridized carbons (Fsp3) is 0.320. The second kappa shape index (κ2) is 10.6. The van der Waals surface area contributed by atoms with Gasteiger partial charge in [0.05, 0.1) is 16.3 Å². The quantitative estimate of drug-likeness (QED) is 0.326. The molecule has 0 unspecified atom stereocenters. The van der Waals surface area contributed by atoms with Crippen molar-refractivity contribution in [1.29, 1.82) is 0 Å². The van der Waals surface area contributed by atoms with Gasteiger partial charge in [-0.25, -0.2) is 18.6 Å². The van der Waals surface area contributed by atoms with Gasteiger partial charge in [0.2, 0.25) is 21.8 Å². The predicted molar refractivity (Wildman–Crippen MR) is 132 cm³/mol. The Hall–Kier alpha value is -3.54. The second-order valence-corrected chi connectivity index (χ2v) is 10.5. The zero-order chi connectivity index (χ0) is 25.9. The number of aromatic nitrogens is 1. The fourth-order valence-electron chi connectivity index (χ4n) is 4.39. The monoisotopic (exact) mass is 512 g/mol. The van der Waals surface area contributed by atoms with E-state index in [0.29, 0.717) is 18.9 Å². The molecular formula is C25H28N4O6S. The van der Waals surface area contributed by atoms with Gasteiger partial charge in [-0.1, -0.05) is 18.2 Å². The molecule has 2 amide bonds. The summed E-state index contributed by atoms with van der Waals surface area (Å²) >= 11 is 0. The van der Waals surface area contributed by atoms with Crippen LogP contribution in [0.5, 0.6) is 5.75 Å². The average molecular weight is 513 g/mol. The van der Waals surface area contributed by atoms with Crippen molar-refractivity contribution in [3.63, 3.8) is 0 Å². The molecule has 3 aromatic rings. The molecule has 10 nitrogen and oxygen atoms in total. The Labute approximate surface area is 209 Å². The second-order valence-electron chi connectivity index (χ2n) is 8.76. The summed E-state index contributed by atoms with van der Waals surface area (Å²) in [7, 11) is -3.97. The van der Waals surface area contributed by atoms with Crippen molar-refractivity contribution in [1.82, 2.24) is 20.1 Å². The summed E-state index contributed by atoms with van der Waals surface area (Å²) in [6, 6.07) is 15.0. The maximum Gasteiger partial charge on any atom is 0.249 e. The molecule has 2 heterocycles. The Kier molecular flexibility index (Phi) is 7.53. The first-order chi connectivity index (χ1) is 17.2. The molecule has 2 aromatic carbocycles. The van der Waals surface area contributed by atoms with Gasteiger partial charge < -0.3 is 9.64 Å². The first-order valence-electron chi connectivity index (χ1n) is 11.5. The molecule has 2 atom stereocenters. The Morgan fingerprint density at radius 3 is 2.58 bits per heavy atom. The lowest BCUT2D eigenvalue weighted by molar-refractivity contribution is -0.139. The number of ether oxygens (including phenoxy) is 1. The first kappa shape index (κ1) is 25.5. The molecule has 3 N–H and O–H groups in total. The number of fused-ring (bicyclic) bond motifs is 1. The number of hydrogen-bond acceptors (Lipinski definition) is 7. The van der Waals surface area contributed by atoms with Crippen LogP contribution in [0.2, 0.25) is 0 Å². The predicted octanol–water partition coefficient (Wildman–Crippen LogP) is 2.14. The molecule has 0 radical (unpaired) electrons. The fourth-order valence-corrected chi connectivity index (χ4v) is 5.70. The topological polar surface area (TPSA) is 138 Å². The highest BCUT2D eigenvalue weighted by Crippen LogP contribution is 2.24. The zero-order valence-electron chi connectivity index (χ0n) is 20.0. The SMILES string of the molecule is CC(=O)N1CC[C@H](NS(=O)(=O)c2ccc(OCc3cc(C)nc4ccccc34)cc2)[C@@H](C(=O)NO)C1. The number of carbonyl (C=O) groups excluding carboxylic acids is 2. The normalized spacial score (nSPS) is 18.1. The van der Waals surface area contributed by atoms with Crippen molar-refractivity contribution < 1.29 is 28.0 Å². The van der Waals surface area contributed by atoms with Crippen molar-refractivity contribution in [2.45, 2.75) is 37.8 Å². The van der Waals surface area contributed by atoms with Crippen molar-refractivity contribution >= 4 is 32.7 Å². The van der Waals surface area contributed by atoms with Crippen LogP contribution in [-0.4, -0.2) is 54.5 Å². The van der Waals surface area contributed by atoms with E-state index in [2.05, 4.69) is 9.71 Å². The first-order valence-corrected chi connectivity index (χ1v) is 13.0. The van der Waals surface area contributed by atoms with Gasteiger partial charge in [0.15, 0.2) is 0 Å². The number of likely N-dealkylation sites (tertiary alicyclic amines) is 1. The third-order valence-electron chi connectivity index (χ3n) is 6.27. The molecule has 4 rings (SSSR count). The van der Waals surface area contributed by atoms with Crippen molar-refractivity contribution in [2.75, 3.05) is 13.1 Å². The number of aryl methyl sites for hydroxylation is 1.